The molecule has 5 heteroatoms. The Morgan fingerprint density at radius 1 is 1.29 bits per heavy atom. The van der Waals surface area contributed by atoms with Crippen LogP contribution in [-0.2, 0) is 19.1 Å². The molecule has 78 valence electrons. The summed E-state index contributed by atoms with van der Waals surface area (Å²) in [6.45, 7) is 0. The predicted molar refractivity (Wildman–Crippen MR) is 44.5 cm³/mol. The standard InChI is InChI=1S/C9H12O5/c1-13-9(12)7-5-3-2-4(14-5)6(7)8(10)11/h4-7H,2-3H2,1H3,(H,10,11)/t4-,5+,6-,7-/m0/s1. The van der Waals surface area contributed by atoms with Gasteiger partial charge in [0.2, 0.25) is 0 Å². The third-order valence-electron chi connectivity index (χ3n) is 3.03. The molecule has 0 unspecified atom stereocenters. The van der Waals surface area contributed by atoms with Crippen LogP contribution in [0.1, 0.15) is 12.8 Å². The highest BCUT2D eigenvalue weighted by molar-refractivity contribution is 5.83. The number of rotatable bonds is 2. The van der Waals surface area contributed by atoms with E-state index in [1.807, 2.05) is 0 Å². The minimum atomic E-state index is -0.965. The summed E-state index contributed by atoms with van der Waals surface area (Å²) in [6, 6.07) is 0. The van der Waals surface area contributed by atoms with Crippen molar-refractivity contribution in [3.8, 4) is 0 Å². The predicted octanol–water partition coefficient (Wildman–Crippen LogP) is 0.0376. The van der Waals surface area contributed by atoms with Crippen LogP contribution >= 0.6 is 0 Å². The zero-order valence-electron chi connectivity index (χ0n) is 7.80. The number of fused-ring (bicyclic) bond motifs is 2. The first-order valence-corrected chi connectivity index (χ1v) is 4.61. The number of methoxy groups -OCH3 is 1. The summed E-state index contributed by atoms with van der Waals surface area (Å²) in [5.74, 6) is -2.77. The van der Waals surface area contributed by atoms with Gasteiger partial charge in [-0.3, -0.25) is 9.59 Å². The second kappa shape index (κ2) is 3.24. The lowest BCUT2D eigenvalue weighted by Crippen LogP contribution is -2.38. The molecule has 0 spiro atoms. The number of carbonyl (C=O) groups is 2. The Kier molecular flexibility index (Phi) is 2.19. The Bertz CT molecular complexity index is 274. The van der Waals surface area contributed by atoms with Gasteiger partial charge in [0.05, 0.1) is 31.2 Å². The number of carboxylic acids is 1. The van der Waals surface area contributed by atoms with Crippen LogP contribution in [0.25, 0.3) is 0 Å². The number of esters is 1. The first-order chi connectivity index (χ1) is 6.65. The molecule has 0 radical (unpaired) electrons. The van der Waals surface area contributed by atoms with Crippen molar-refractivity contribution in [3.63, 3.8) is 0 Å². The molecule has 4 atom stereocenters. The summed E-state index contributed by atoms with van der Waals surface area (Å²) in [5.41, 5.74) is 0. The fourth-order valence-corrected chi connectivity index (χ4v) is 2.43. The van der Waals surface area contributed by atoms with Gasteiger partial charge in [-0.25, -0.2) is 0 Å². The summed E-state index contributed by atoms with van der Waals surface area (Å²) in [4.78, 5) is 22.3. The van der Waals surface area contributed by atoms with Crippen molar-refractivity contribution < 1.29 is 24.2 Å². The molecule has 2 rings (SSSR count). The molecule has 0 aromatic heterocycles. The molecular weight excluding hydrogens is 188 g/mol. The van der Waals surface area contributed by atoms with Gasteiger partial charge in [0.1, 0.15) is 0 Å². The Morgan fingerprint density at radius 2 is 1.86 bits per heavy atom. The van der Waals surface area contributed by atoms with E-state index in [9.17, 15) is 9.59 Å². The number of ether oxygens (including phenoxy) is 2. The Morgan fingerprint density at radius 3 is 2.36 bits per heavy atom. The van der Waals surface area contributed by atoms with E-state index in [0.29, 0.717) is 0 Å². The van der Waals surface area contributed by atoms with Crippen molar-refractivity contribution in [2.45, 2.75) is 25.0 Å². The molecule has 2 saturated heterocycles. The SMILES string of the molecule is COC(=O)[C@@H]1[C@@H](C(=O)O)[C@@H]2CC[C@H]1O2. The minimum Gasteiger partial charge on any atom is -0.481 e. The molecule has 0 saturated carbocycles. The van der Waals surface area contributed by atoms with E-state index in [2.05, 4.69) is 4.74 Å². The van der Waals surface area contributed by atoms with Gasteiger partial charge in [-0.2, -0.15) is 0 Å². The van der Waals surface area contributed by atoms with Gasteiger partial charge < -0.3 is 14.6 Å². The fourth-order valence-electron chi connectivity index (χ4n) is 2.43. The summed E-state index contributed by atoms with van der Waals surface area (Å²) < 4.78 is 9.98. The lowest BCUT2D eigenvalue weighted by molar-refractivity contribution is -0.156. The average Bonchev–Trinajstić information content (AvgIpc) is 2.74. The number of hydrogen-bond acceptors (Lipinski definition) is 4. The number of carbonyl (C=O) groups excluding carboxylic acids is 1. The maximum absolute atomic E-state index is 11.4. The van der Waals surface area contributed by atoms with Crippen LogP contribution in [0, 0.1) is 11.8 Å². The van der Waals surface area contributed by atoms with Crippen molar-refractivity contribution in [2.75, 3.05) is 7.11 Å². The van der Waals surface area contributed by atoms with Gasteiger partial charge in [-0.15, -0.1) is 0 Å². The van der Waals surface area contributed by atoms with Gasteiger partial charge in [-0.05, 0) is 12.8 Å². The smallest absolute Gasteiger partial charge is 0.312 e. The first-order valence-electron chi connectivity index (χ1n) is 4.61. The average molecular weight is 200 g/mol. The van der Waals surface area contributed by atoms with Gasteiger partial charge in [0, 0.05) is 0 Å². The number of hydrogen-bond donors (Lipinski definition) is 1. The molecule has 2 aliphatic rings. The van der Waals surface area contributed by atoms with Crippen LogP contribution in [-0.4, -0.2) is 36.4 Å². The molecule has 0 aromatic rings. The summed E-state index contributed by atoms with van der Waals surface area (Å²) >= 11 is 0. The molecule has 2 aliphatic heterocycles. The third-order valence-corrected chi connectivity index (χ3v) is 3.03. The van der Waals surface area contributed by atoms with Gasteiger partial charge in [0.25, 0.3) is 0 Å². The van der Waals surface area contributed by atoms with Crippen LogP contribution in [0.3, 0.4) is 0 Å². The van der Waals surface area contributed by atoms with E-state index in [-0.39, 0.29) is 12.2 Å². The highest BCUT2D eigenvalue weighted by Crippen LogP contribution is 2.43. The summed E-state index contributed by atoms with van der Waals surface area (Å²) in [6.07, 6.45) is 0.929. The summed E-state index contributed by atoms with van der Waals surface area (Å²) in [5, 5.41) is 8.96. The second-order valence-corrected chi connectivity index (χ2v) is 3.70. The maximum Gasteiger partial charge on any atom is 0.312 e. The Hall–Kier alpha value is -1.10. The van der Waals surface area contributed by atoms with Crippen LogP contribution in [0.15, 0.2) is 0 Å². The van der Waals surface area contributed by atoms with Crippen molar-refractivity contribution in [1.29, 1.82) is 0 Å². The normalized spacial score (nSPS) is 39.8. The van der Waals surface area contributed by atoms with E-state index in [1.54, 1.807) is 0 Å². The van der Waals surface area contributed by atoms with Gasteiger partial charge >= 0.3 is 11.9 Å². The molecule has 0 aromatic carbocycles. The third kappa shape index (κ3) is 1.19. The molecule has 2 heterocycles. The van der Waals surface area contributed by atoms with Crippen LogP contribution in [0.4, 0.5) is 0 Å². The van der Waals surface area contributed by atoms with Crippen molar-refractivity contribution in [1.82, 2.24) is 0 Å². The largest absolute Gasteiger partial charge is 0.481 e. The fraction of sp³-hybridized carbons (Fsp3) is 0.778. The summed E-state index contributed by atoms with van der Waals surface area (Å²) in [7, 11) is 1.27. The van der Waals surface area contributed by atoms with Crippen LogP contribution in [0.5, 0.6) is 0 Å². The molecule has 1 N–H and O–H groups in total. The van der Waals surface area contributed by atoms with Gasteiger partial charge in [-0.1, -0.05) is 0 Å². The van der Waals surface area contributed by atoms with E-state index in [1.165, 1.54) is 7.11 Å². The Labute approximate surface area is 81.0 Å². The highest BCUT2D eigenvalue weighted by atomic mass is 16.5. The molecule has 0 amide bonds. The zero-order chi connectivity index (χ0) is 10.3. The van der Waals surface area contributed by atoms with E-state index in [4.69, 9.17) is 9.84 Å². The molecular formula is C9H12O5. The molecule has 14 heavy (non-hydrogen) atoms. The molecule has 2 fully saturated rings. The van der Waals surface area contributed by atoms with Crippen molar-refractivity contribution >= 4 is 11.9 Å². The Balaban J connectivity index is 2.21. The number of carboxylic acid groups (broad SMARTS) is 1. The lowest BCUT2D eigenvalue weighted by atomic mass is 9.79. The van der Waals surface area contributed by atoms with E-state index in [0.717, 1.165) is 12.8 Å². The van der Waals surface area contributed by atoms with E-state index >= 15 is 0 Å². The first kappa shape index (κ1) is 9.45. The van der Waals surface area contributed by atoms with Crippen molar-refractivity contribution in [3.05, 3.63) is 0 Å². The highest BCUT2D eigenvalue weighted by Gasteiger charge is 2.56. The zero-order valence-corrected chi connectivity index (χ0v) is 7.80. The number of aliphatic carboxylic acids is 1. The molecule has 0 aliphatic carbocycles. The lowest BCUT2D eigenvalue weighted by Gasteiger charge is -2.22. The monoisotopic (exact) mass is 200 g/mol. The topological polar surface area (TPSA) is 72.8 Å². The molecule has 2 bridgehead atoms. The molecule has 5 nitrogen and oxygen atoms in total. The van der Waals surface area contributed by atoms with Crippen molar-refractivity contribution in [2.24, 2.45) is 11.8 Å². The van der Waals surface area contributed by atoms with Crippen LogP contribution < -0.4 is 0 Å². The quantitative estimate of drug-likeness (QED) is 0.637. The van der Waals surface area contributed by atoms with Crippen LogP contribution in [0.2, 0.25) is 0 Å². The van der Waals surface area contributed by atoms with E-state index < -0.39 is 23.8 Å². The maximum atomic E-state index is 11.4. The second-order valence-electron chi connectivity index (χ2n) is 3.70. The minimum absolute atomic E-state index is 0.256. The van der Waals surface area contributed by atoms with Gasteiger partial charge in [0.15, 0.2) is 0 Å².